The summed E-state index contributed by atoms with van der Waals surface area (Å²) in [5.74, 6) is 0.356. The van der Waals surface area contributed by atoms with Crippen molar-refractivity contribution in [3.63, 3.8) is 0 Å². The predicted molar refractivity (Wildman–Crippen MR) is 86.0 cm³/mol. The Bertz CT molecular complexity index is 652. The highest BCUT2D eigenvalue weighted by Gasteiger charge is 2.51. The van der Waals surface area contributed by atoms with Crippen LogP contribution in [0.5, 0.6) is 5.75 Å². The topological polar surface area (TPSA) is 59.1 Å². The smallest absolute Gasteiger partial charge is 0.252 e. The molecule has 1 aromatic rings. The van der Waals surface area contributed by atoms with Crippen LogP contribution in [0.2, 0.25) is 0 Å². The number of hydrogen-bond donors (Lipinski definition) is 0. The van der Waals surface area contributed by atoms with Crippen molar-refractivity contribution in [3.8, 4) is 5.75 Å². The van der Waals surface area contributed by atoms with Gasteiger partial charge >= 0.3 is 0 Å². The molecule has 128 valence electrons. The van der Waals surface area contributed by atoms with E-state index in [1.807, 2.05) is 29.2 Å². The molecule has 0 spiro atoms. The van der Waals surface area contributed by atoms with Crippen molar-refractivity contribution in [1.29, 1.82) is 0 Å². The third-order valence-electron chi connectivity index (χ3n) is 5.05. The maximum absolute atomic E-state index is 12.9. The van der Waals surface area contributed by atoms with E-state index in [0.717, 1.165) is 30.6 Å². The van der Waals surface area contributed by atoms with Crippen molar-refractivity contribution < 1.29 is 19.2 Å². The van der Waals surface area contributed by atoms with Crippen molar-refractivity contribution >= 4 is 11.8 Å². The van der Waals surface area contributed by atoms with Crippen LogP contribution in [0.1, 0.15) is 37.3 Å². The van der Waals surface area contributed by atoms with Crippen LogP contribution >= 0.6 is 0 Å². The van der Waals surface area contributed by atoms with Gasteiger partial charge in [-0.2, -0.15) is 0 Å². The van der Waals surface area contributed by atoms with Gasteiger partial charge in [-0.25, -0.2) is 5.06 Å². The molecule has 24 heavy (non-hydrogen) atoms. The molecule has 1 aliphatic carbocycles. The average Bonchev–Trinajstić information content (AvgIpc) is 3.16. The summed E-state index contributed by atoms with van der Waals surface area (Å²) >= 11 is 0. The Morgan fingerprint density at radius 3 is 2.83 bits per heavy atom. The second kappa shape index (κ2) is 6.09. The van der Waals surface area contributed by atoms with Crippen molar-refractivity contribution in [2.45, 2.75) is 37.8 Å². The molecule has 0 aromatic heterocycles. The third kappa shape index (κ3) is 2.65. The lowest BCUT2D eigenvalue weighted by atomic mass is 9.92. The van der Waals surface area contributed by atoms with Crippen molar-refractivity contribution in [1.82, 2.24) is 9.96 Å². The molecular weight excluding hydrogens is 308 g/mol. The first-order valence-electron chi connectivity index (χ1n) is 8.58. The fourth-order valence-corrected chi connectivity index (χ4v) is 3.78. The van der Waals surface area contributed by atoms with Gasteiger partial charge in [0, 0.05) is 12.5 Å². The van der Waals surface area contributed by atoms with Gasteiger partial charge in [-0.05, 0) is 37.0 Å². The molecule has 2 heterocycles. The van der Waals surface area contributed by atoms with Crippen LogP contribution in [0.4, 0.5) is 0 Å². The van der Waals surface area contributed by atoms with E-state index in [2.05, 4.69) is 0 Å². The van der Waals surface area contributed by atoms with Gasteiger partial charge in [0.1, 0.15) is 5.75 Å². The second-order valence-electron chi connectivity index (χ2n) is 6.69. The highest BCUT2D eigenvalue weighted by Crippen LogP contribution is 2.46. The maximum atomic E-state index is 12.9. The van der Waals surface area contributed by atoms with E-state index in [-0.39, 0.29) is 36.2 Å². The van der Waals surface area contributed by atoms with Gasteiger partial charge in [-0.1, -0.05) is 12.1 Å². The molecule has 2 atom stereocenters. The third-order valence-corrected chi connectivity index (χ3v) is 5.05. The standard InChI is InChI=1S/C18H22N2O4/c1-23-14-5-2-4-12(10-14)17-15(18(22)19-8-3-9-24-19)11-16(21)20(17)13-6-7-13/h2,4-5,10,13,15,17H,3,6-9,11H2,1H3/t15-,17-/m1/s1. The Morgan fingerprint density at radius 1 is 1.33 bits per heavy atom. The van der Waals surface area contributed by atoms with Gasteiger partial charge in [0.25, 0.3) is 5.91 Å². The van der Waals surface area contributed by atoms with E-state index in [9.17, 15) is 9.59 Å². The van der Waals surface area contributed by atoms with E-state index in [1.54, 1.807) is 7.11 Å². The normalized spacial score (nSPS) is 27.0. The average molecular weight is 330 g/mol. The maximum Gasteiger partial charge on any atom is 0.252 e. The van der Waals surface area contributed by atoms with Crippen LogP contribution in [0.25, 0.3) is 0 Å². The molecular formula is C18H22N2O4. The van der Waals surface area contributed by atoms with Crippen LogP contribution in [0.3, 0.4) is 0 Å². The summed E-state index contributed by atoms with van der Waals surface area (Å²) in [5.41, 5.74) is 0.963. The molecule has 1 aromatic carbocycles. The fourth-order valence-electron chi connectivity index (χ4n) is 3.78. The lowest BCUT2D eigenvalue weighted by Crippen LogP contribution is -2.37. The lowest BCUT2D eigenvalue weighted by molar-refractivity contribution is -0.174. The number of likely N-dealkylation sites (tertiary alicyclic amines) is 1. The van der Waals surface area contributed by atoms with Gasteiger partial charge in [-0.15, -0.1) is 0 Å². The molecule has 2 amide bonds. The number of hydrogen-bond acceptors (Lipinski definition) is 4. The van der Waals surface area contributed by atoms with Crippen LogP contribution in [0.15, 0.2) is 24.3 Å². The number of nitrogens with zero attached hydrogens (tertiary/aromatic N) is 2. The summed E-state index contributed by atoms with van der Waals surface area (Å²) in [5, 5.41) is 1.45. The van der Waals surface area contributed by atoms with Gasteiger partial charge < -0.3 is 9.64 Å². The molecule has 3 aliphatic rings. The highest BCUT2D eigenvalue weighted by atomic mass is 16.7. The Balaban J connectivity index is 1.68. The van der Waals surface area contributed by atoms with Gasteiger partial charge in [0.15, 0.2) is 0 Å². The Morgan fingerprint density at radius 2 is 2.17 bits per heavy atom. The van der Waals surface area contributed by atoms with E-state index < -0.39 is 0 Å². The molecule has 6 nitrogen and oxygen atoms in total. The molecule has 2 aliphatic heterocycles. The first kappa shape index (κ1) is 15.4. The summed E-state index contributed by atoms with van der Waals surface area (Å²) in [6.45, 7) is 1.18. The second-order valence-corrected chi connectivity index (χ2v) is 6.69. The van der Waals surface area contributed by atoms with Crippen LogP contribution in [0, 0.1) is 5.92 Å². The number of hydroxylamine groups is 2. The highest BCUT2D eigenvalue weighted by molar-refractivity contribution is 5.90. The van der Waals surface area contributed by atoms with Crippen molar-refractivity contribution in [2.75, 3.05) is 20.3 Å². The van der Waals surface area contributed by atoms with Gasteiger partial charge in [0.05, 0.1) is 32.2 Å². The van der Waals surface area contributed by atoms with Crippen molar-refractivity contribution in [2.24, 2.45) is 5.92 Å². The van der Waals surface area contributed by atoms with Crippen LogP contribution in [-0.2, 0) is 14.4 Å². The number of ether oxygens (including phenoxy) is 1. The van der Waals surface area contributed by atoms with Gasteiger partial charge in [0.2, 0.25) is 5.91 Å². The number of methoxy groups -OCH3 is 1. The minimum Gasteiger partial charge on any atom is -0.497 e. The lowest BCUT2D eigenvalue weighted by Gasteiger charge is -2.30. The minimum atomic E-state index is -0.386. The molecule has 0 radical (unpaired) electrons. The molecule has 0 N–H and O–H groups in total. The zero-order chi connectivity index (χ0) is 16.7. The number of benzene rings is 1. The number of rotatable bonds is 4. The molecule has 4 rings (SSSR count). The van der Waals surface area contributed by atoms with Crippen LogP contribution in [-0.4, -0.2) is 48.1 Å². The summed E-state index contributed by atoms with van der Waals surface area (Å²) in [7, 11) is 1.62. The fraction of sp³-hybridized carbons (Fsp3) is 0.556. The summed E-state index contributed by atoms with van der Waals surface area (Å²) < 4.78 is 5.32. The number of amides is 2. The van der Waals surface area contributed by atoms with E-state index in [4.69, 9.17) is 9.57 Å². The summed E-state index contributed by atoms with van der Waals surface area (Å²) in [6, 6.07) is 7.75. The van der Waals surface area contributed by atoms with Crippen molar-refractivity contribution in [3.05, 3.63) is 29.8 Å². The van der Waals surface area contributed by atoms with Crippen LogP contribution < -0.4 is 4.74 Å². The predicted octanol–water partition coefficient (Wildman–Crippen LogP) is 1.91. The van der Waals surface area contributed by atoms with E-state index >= 15 is 0 Å². The zero-order valence-electron chi connectivity index (χ0n) is 13.8. The molecule has 2 saturated heterocycles. The quantitative estimate of drug-likeness (QED) is 0.846. The Hall–Kier alpha value is -2.08. The monoisotopic (exact) mass is 330 g/mol. The summed E-state index contributed by atoms with van der Waals surface area (Å²) in [4.78, 5) is 32.9. The zero-order valence-corrected chi connectivity index (χ0v) is 13.8. The Labute approximate surface area is 141 Å². The molecule has 0 unspecified atom stereocenters. The first-order chi connectivity index (χ1) is 11.7. The van der Waals surface area contributed by atoms with E-state index in [1.165, 1.54) is 5.06 Å². The number of carbonyl (C=O) groups is 2. The number of carbonyl (C=O) groups excluding carboxylic acids is 2. The molecule has 1 saturated carbocycles. The molecule has 3 fully saturated rings. The SMILES string of the molecule is COc1cccc([C@@H]2[C@H](C(=O)N3CCCO3)CC(=O)N2C2CC2)c1. The largest absolute Gasteiger partial charge is 0.497 e. The molecule has 0 bridgehead atoms. The molecule has 6 heteroatoms. The van der Waals surface area contributed by atoms with Gasteiger partial charge in [-0.3, -0.25) is 14.4 Å². The Kier molecular flexibility index (Phi) is 3.92. The first-order valence-corrected chi connectivity index (χ1v) is 8.58. The minimum absolute atomic E-state index is 0.0721. The summed E-state index contributed by atoms with van der Waals surface area (Å²) in [6.07, 6.45) is 3.15. The van der Waals surface area contributed by atoms with E-state index in [0.29, 0.717) is 13.2 Å².